The maximum atomic E-state index is 12.1. The number of thioether (sulfide) groups is 1. The molecular formula is C14H21N3O4S. The van der Waals surface area contributed by atoms with Crippen molar-refractivity contribution in [3.63, 3.8) is 0 Å². The number of nitrogens with zero attached hydrogens (tertiary/aromatic N) is 2. The van der Waals surface area contributed by atoms with Crippen LogP contribution < -0.4 is 5.73 Å². The molecule has 0 radical (unpaired) electrons. The van der Waals surface area contributed by atoms with E-state index in [-0.39, 0.29) is 23.6 Å². The third kappa shape index (κ3) is 2.72. The van der Waals surface area contributed by atoms with Gasteiger partial charge in [0.05, 0.1) is 24.4 Å². The van der Waals surface area contributed by atoms with Crippen molar-refractivity contribution in [2.75, 3.05) is 12.3 Å². The smallest absolute Gasteiger partial charge is 0.353 e. The van der Waals surface area contributed by atoms with Gasteiger partial charge in [-0.1, -0.05) is 6.92 Å². The fraction of sp³-hybridized carbons (Fsp3) is 0.643. The van der Waals surface area contributed by atoms with Crippen LogP contribution in [0.1, 0.15) is 20.3 Å². The molecule has 1 saturated heterocycles. The van der Waals surface area contributed by atoms with Crippen LogP contribution in [-0.2, 0) is 9.59 Å². The van der Waals surface area contributed by atoms with Gasteiger partial charge in [0.2, 0.25) is 5.91 Å². The molecule has 7 nitrogen and oxygen atoms in total. The van der Waals surface area contributed by atoms with E-state index >= 15 is 0 Å². The molecule has 0 aromatic carbocycles. The number of carbonyl (C=O) groups excluding carboxylic acids is 1. The van der Waals surface area contributed by atoms with Gasteiger partial charge in [0.25, 0.3) is 0 Å². The number of hydrogen-bond donors (Lipinski definition) is 3. The largest absolute Gasteiger partial charge is 0.477 e. The second-order valence-electron chi connectivity index (χ2n) is 5.53. The number of β-lactam (4-membered cyclic amide) rings is 1. The monoisotopic (exact) mass is 327 g/mol. The Morgan fingerprint density at radius 1 is 1.59 bits per heavy atom. The fourth-order valence-corrected chi connectivity index (χ4v) is 4.35. The number of aliphatic imine (C=N–C) groups is 1. The molecular weight excluding hydrogens is 306 g/mol. The van der Waals surface area contributed by atoms with Gasteiger partial charge in [0, 0.05) is 17.4 Å². The molecule has 2 aliphatic rings. The van der Waals surface area contributed by atoms with E-state index < -0.39 is 18.0 Å². The zero-order valence-corrected chi connectivity index (χ0v) is 13.4. The van der Waals surface area contributed by atoms with Gasteiger partial charge in [0.15, 0.2) is 0 Å². The van der Waals surface area contributed by atoms with Crippen LogP contribution in [0.4, 0.5) is 0 Å². The minimum atomic E-state index is -1.09. The highest BCUT2D eigenvalue weighted by molar-refractivity contribution is 8.03. The molecule has 2 rings (SSSR count). The highest BCUT2D eigenvalue weighted by Crippen LogP contribution is 2.50. The minimum Gasteiger partial charge on any atom is -0.477 e. The first-order chi connectivity index (χ1) is 10.4. The Morgan fingerprint density at radius 2 is 2.27 bits per heavy atom. The van der Waals surface area contributed by atoms with Crippen LogP contribution in [0.2, 0.25) is 0 Å². The highest BCUT2D eigenvalue weighted by Gasteiger charge is 2.59. The van der Waals surface area contributed by atoms with Crippen molar-refractivity contribution in [2.45, 2.75) is 32.4 Å². The van der Waals surface area contributed by atoms with E-state index in [0.717, 1.165) is 6.42 Å². The van der Waals surface area contributed by atoms with E-state index in [0.29, 0.717) is 17.2 Å². The Balaban J connectivity index is 2.13. The number of rotatable bonds is 7. The standard InChI is InChI=1S/C14H21N3O4S/c1-7-10-9(8(2)18)13(19)17(10)11(14(20)21)12(7)22-5-3-4-16-6-15/h6-10,18H,3-5H2,1-2H3,(H2,15,16)(H,20,21)/t7-,8+,9-,10-/m1/s1. The number of hydrogen-bond acceptors (Lipinski definition) is 5. The molecule has 1 fully saturated rings. The molecule has 8 heteroatoms. The van der Waals surface area contributed by atoms with Crippen molar-refractivity contribution in [3.05, 3.63) is 10.6 Å². The zero-order chi connectivity index (χ0) is 16.4. The third-order valence-electron chi connectivity index (χ3n) is 4.11. The first-order valence-corrected chi connectivity index (χ1v) is 8.21. The number of carboxylic acid groups (broad SMARTS) is 1. The maximum Gasteiger partial charge on any atom is 0.353 e. The van der Waals surface area contributed by atoms with E-state index in [1.165, 1.54) is 23.0 Å². The SMILES string of the molecule is C[C@H](O)[C@H]1C(=O)N2C(C(=O)O)=C(SCCCN=CN)[C@H](C)[C@H]12. The predicted molar refractivity (Wildman–Crippen MR) is 84.3 cm³/mol. The summed E-state index contributed by atoms with van der Waals surface area (Å²) in [5.41, 5.74) is 5.24. The molecule has 0 unspecified atom stereocenters. The maximum absolute atomic E-state index is 12.1. The molecule has 0 spiro atoms. The highest BCUT2D eigenvalue weighted by atomic mass is 32.2. The van der Waals surface area contributed by atoms with Gasteiger partial charge in [-0.05, 0) is 19.1 Å². The molecule has 2 heterocycles. The molecule has 0 aromatic heterocycles. The molecule has 0 saturated carbocycles. The van der Waals surface area contributed by atoms with Gasteiger partial charge in [-0.15, -0.1) is 11.8 Å². The minimum absolute atomic E-state index is 0.0757. The average Bonchev–Trinajstić information content (AvgIpc) is 2.68. The summed E-state index contributed by atoms with van der Waals surface area (Å²) in [4.78, 5) is 29.6. The summed E-state index contributed by atoms with van der Waals surface area (Å²) in [7, 11) is 0. The Morgan fingerprint density at radius 3 is 2.82 bits per heavy atom. The summed E-state index contributed by atoms with van der Waals surface area (Å²) >= 11 is 1.45. The predicted octanol–water partition coefficient (Wildman–Crippen LogP) is 0.250. The lowest BCUT2D eigenvalue weighted by Gasteiger charge is -2.46. The normalized spacial score (nSPS) is 29.0. The van der Waals surface area contributed by atoms with E-state index in [2.05, 4.69) is 4.99 Å². The van der Waals surface area contributed by atoms with Crippen molar-refractivity contribution >= 4 is 30.0 Å². The molecule has 1 amide bonds. The van der Waals surface area contributed by atoms with E-state index in [1.807, 2.05) is 6.92 Å². The second kappa shape index (κ2) is 6.70. The van der Waals surface area contributed by atoms with Crippen LogP contribution in [0.15, 0.2) is 15.6 Å². The van der Waals surface area contributed by atoms with E-state index in [1.54, 1.807) is 6.92 Å². The lowest BCUT2D eigenvalue weighted by Crippen LogP contribution is -2.63. The summed E-state index contributed by atoms with van der Waals surface area (Å²) < 4.78 is 0. The van der Waals surface area contributed by atoms with Gasteiger partial charge < -0.3 is 20.8 Å². The molecule has 0 aromatic rings. The number of amides is 1. The number of carbonyl (C=O) groups is 2. The molecule has 2 aliphatic heterocycles. The first kappa shape index (κ1) is 16.8. The van der Waals surface area contributed by atoms with Gasteiger partial charge in [-0.25, -0.2) is 4.79 Å². The van der Waals surface area contributed by atoms with Gasteiger partial charge >= 0.3 is 5.97 Å². The topological polar surface area (TPSA) is 116 Å². The molecule has 0 aliphatic carbocycles. The number of fused-ring (bicyclic) bond motifs is 1. The second-order valence-corrected chi connectivity index (χ2v) is 6.67. The fourth-order valence-electron chi connectivity index (χ4n) is 3.13. The summed E-state index contributed by atoms with van der Waals surface area (Å²) in [5.74, 6) is -1.26. The Kier molecular flexibility index (Phi) is 5.12. The summed E-state index contributed by atoms with van der Waals surface area (Å²) in [5, 5.41) is 19.2. The average molecular weight is 327 g/mol. The van der Waals surface area contributed by atoms with Gasteiger partial charge in [-0.3, -0.25) is 9.79 Å². The van der Waals surface area contributed by atoms with Crippen LogP contribution in [0.3, 0.4) is 0 Å². The number of aliphatic hydroxyl groups is 1. The van der Waals surface area contributed by atoms with Crippen molar-refractivity contribution < 1.29 is 19.8 Å². The van der Waals surface area contributed by atoms with Crippen LogP contribution in [-0.4, -0.2) is 57.8 Å². The molecule has 4 atom stereocenters. The lowest BCUT2D eigenvalue weighted by molar-refractivity contribution is -0.163. The number of nitrogens with two attached hydrogens (primary N) is 1. The van der Waals surface area contributed by atoms with E-state index in [4.69, 9.17) is 5.73 Å². The molecule has 4 N–H and O–H groups in total. The third-order valence-corrected chi connectivity index (χ3v) is 5.47. The molecule has 22 heavy (non-hydrogen) atoms. The Hall–Kier alpha value is -1.54. The number of aliphatic hydroxyl groups excluding tert-OH is 1. The molecule has 0 bridgehead atoms. The summed E-state index contributed by atoms with van der Waals surface area (Å²) in [6.07, 6.45) is 1.26. The van der Waals surface area contributed by atoms with Crippen molar-refractivity contribution in [2.24, 2.45) is 22.6 Å². The quantitative estimate of drug-likeness (QED) is 0.267. The van der Waals surface area contributed by atoms with Crippen LogP contribution in [0.5, 0.6) is 0 Å². The van der Waals surface area contributed by atoms with Crippen molar-refractivity contribution in [1.29, 1.82) is 0 Å². The van der Waals surface area contributed by atoms with E-state index in [9.17, 15) is 19.8 Å². The first-order valence-electron chi connectivity index (χ1n) is 7.23. The van der Waals surface area contributed by atoms with Crippen LogP contribution in [0.25, 0.3) is 0 Å². The Labute approximate surface area is 133 Å². The van der Waals surface area contributed by atoms with Crippen molar-refractivity contribution in [1.82, 2.24) is 4.90 Å². The number of carboxylic acids is 1. The van der Waals surface area contributed by atoms with Gasteiger partial charge in [-0.2, -0.15) is 0 Å². The van der Waals surface area contributed by atoms with Gasteiger partial charge in [0.1, 0.15) is 5.70 Å². The zero-order valence-electron chi connectivity index (χ0n) is 12.6. The van der Waals surface area contributed by atoms with Crippen molar-refractivity contribution in [3.8, 4) is 0 Å². The van der Waals surface area contributed by atoms with Crippen LogP contribution in [0, 0.1) is 11.8 Å². The number of aliphatic carboxylic acids is 1. The lowest BCUT2D eigenvalue weighted by atomic mass is 9.79. The van der Waals surface area contributed by atoms with Crippen LogP contribution >= 0.6 is 11.8 Å². The summed E-state index contributed by atoms with van der Waals surface area (Å²) in [6.45, 7) is 4.08. The molecule has 122 valence electrons. The summed E-state index contributed by atoms with van der Waals surface area (Å²) in [6, 6.07) is -0.247. The Bertz CT molecular complexity index is 532.